The highest BCUT2D eigenvalue weighted by Gasteiger charge is 2.18. The number of rotatable bonds is 6. The van der Waals surface area contributed by atoms with E-state index in [1.54, 1.807) is 0 Å². The molecular weight excluding hydrogens is 693 g/mol. The highest BCUT2D eigenvalue weighted by molar-refractivity contribution is 6.21. The van der Waals surface area contributed by atoms with Crippen LogP contribution in [-0.4, -0.2) is 19.5 Å². The Labute approximate surface area is 330 Å². The molecule has 0 aliphatic rings. The van der Waals surface area contributed by atoms with Crippen LogP contribution in [0.4, 0.5) is 0 Å². The fourth-order valence-electron chi connectivity index (χ4n) is 8.50. The van der Waals surface area contributed by atoms with Crippen LogP contribution >= 0.6 is 0 Å². The molecule has 4 heteroatoms. The Bertz CT molecular complexity index is 3200. The lowest BCUT2D eigenvalue weighted by atomic mass is 9.86. The van der Waals surface area contributed by atoms with E-state index in [9.17, 15) is 0 Å². The van der Waals surface area contributed by atoms with Crippen molar-refractivity contribution in [3.8, 4) is 61.8 Å². The third-order valence-electron chi connectivity index (χ3n) is 11.1. The second-order valence-corrected chi connectivity index (χ2v) is 14.4. The molecule has 0 unspecified atom stereocenters. The Kier molecular flexibility index (Phi) is 7.78. The van der Waals surface area contributed by atoms with Gasteiger partial charge in [-0.15, -0.1) is 0 Å². The van der Waals surface area contributed by atoms with Crippen molar-refractivity contribution in [2.75, 3.05) is 0 Å². The second kappa shape index (κ2) is 13.6. The maximum absolute atomic E-state index is 5.27. The molecule has 57 heavy (non-hydrogen) atoms. The molecule has 4 nitrogen and oxygen atoms in total. The van der Waals surface area contributed by atoms with Crippen LogP contribution in [0.1, 0.15) is 0 Å². The van der Waals surface area contributed by atoms with Gasteiger partial charge in [-0.1, -0.05) is 152 Å². The molecule has 0 saturated heterocycles. The zero-order chi connectivity index (χ0) is 37.7. The predicted octanol–water partition coefficient (Wildman–Crippen LogP) is 13.6. The van der Waals surface area contributed by atoms with Crippen molar-refractivity contribution in [2.24, 2.45) is 0 Å². The summed E-state index contributed by atoms with van der Waals surface area (Å²) < 4.78 is 2.30. The third-order valence-corrected chi connectivity index (χ3v) is 11.1. The van der Waals surface area contributed by atoms with Crippen LogP contribution in [0.5, 0.6) is 0 Å². The van der Waals surface area contributed by atoms with E-state index in [0.29, 0.717) is 5.82 Å². The van der Waals surface area contributed by atoms with Crippen LogP contribution in [0.3, 0.4) is 0 Å². The van der Waals surface area contributed by atoms with Gasteiger partial charge in [-0.25, -0.2) is 9.97 Å². The minimum Gasteiger partial charge on any atom is -0.309 e. The number of hydrogen-bond donors (Lipinski definition) is 0. The summed E-state index contributed by atoms with van der Waals surface area (Å²) >= 11 is 0. The summed E-state index contributed by atoms with van der Waals surface area (Å²) in [5, 5.41) is 7.15. The minimum absolute atomic E-state index is 0.676. The van der Waals surface area contributed by atoms with Crippen LogP contribution < -0.4 is 0 Å². The van der Waals surface area contributed by atoms with E-state index in [2.05, 4.69) is 192 Å². The molecule has 11 rings (SSSR count). The summed E-state index contributed by atoms with van der Waals surface area (Å²) in [5.74, 6) is 0.676. The fraction of sp³-hybridized carbons (Fsp3) is 0. The standard InChI is InChI=1S/C53H34N4/c1-4-14-35(15-5-1)47-33-48(56-53(55-47)39-28-29-49-45(32-39)46-34-54-31-30-50(46)57(49)40-18-8-3-9-19-40)36-24-26-38(27-25-36)52-43-22-12-10-20-41(43)51(37-16-6-2-7-17-37)42-21-11-13-23-44(42)52/h1-34H. The lowest BCUT2D eigenvalue weighted by Crippen LogP contribution is -1.96. The SMILES string of the molecule is c1ccc(-c2cc(-c3ccc(-c4c5ccccc5c(-c5ccccc5)c5ccccc45)cc3)nc(-c3ccc4c(c3)c3cnccc3n4-c3ccccc3)n2)cc1. The van der Waals surface area contributed by atoms with Crippen LogP contribution in [-0.2, 0) is 0 Å². The Morgan fingerprint density at radius 2 is 0.789 bits per heavy atom. The summed E-state index contributed by atoms with van der Waals surface area (Å²) in [6, 6.07) is 68.8. The van der Waals surface area contributed by atoms with Gasteiger partial charge in [0.25, 0.3) is 0 Å². The van der Waals surface area contributed by atoms with Gasteiger partial charge in [0.15, 0.2) is 5.82 Å². The fourth-order valence-corrected chi connectivity index (χ4v) is 8.50. The maximum Gasteiger partial charge on any atom is 0.160 e. The van der Waals surface area contributed by atoms with Crippen molar-refractivity contribution in [3.05, 3.63) is 207 Å². The molecule has 0 aliphatic carbocycles. The first-order chi connectivity index (χ1) is 28.3. The molecular formula is C53H34N4. The van der Waals surface area contributed by atoms with Crippen molar-refractivity contribution in [1.29, 1.82) is 0 Å². The van der Waals surface area contributed by atoms with Crippen molar-refractivity contribution in [2.45, 2.75) is 0 Å². The highest BCUT2D eigenvalue weighted by atomic mass is 15.0. The summed E-state index contributed by atoms with van der Waals surface area (Å²) in [6.07, 6.45) is 3.81. The topological polar surface area (TPSA) is 43.6 Å². The number of nitrogens with zero attached hydrogens (tertiary/aromatic N) is 4. The first kappa shape index (κ1) is 32.7. The van der Waals surface area contributed by atoms with E-state index >= 15 is 0 Å². The lowest BCUT2D eigenvalue weighted by molar-refractivity contribution is 1.17. The molecule has 0 saturated carbocycles. The number of pyridine rings is 1. The second-order valence-electron chi connectivity index (χ2n) is 14.4. The van der Waals surface area contributed by atoms with Crippen LogP contribution in [0.15, 0.2) is 207 Å². The molecule has 3 heterocycles. The first-order valence-corrected chi connectivity index (χ1v) is 19.3. The molecule has 0 fully saturated rings. The Balaban J connectivity index is 1.06. The van der Waals surface area contributed by atoms with Crippen LogP contribution in [0, 0.1) is 0 Å². The van der Waals surface area contributed by atoms with Gasteiger partial charge in [0, 0.05) is 45.5 Å². The van der Waals surface area contributed by atoms with Crippen LogP contribution in [0.25, 0.3) is 105 Å². The molecule has 3 aromatic heterocycles. The minimum atomic E-state index is 0.676. The van der Waals surface area contributed by atoms with Gasteiger partial charge in [-0.3, -0.25) is 4.98 Å². The summed E-state index contributed by atoms with van der Waals surface area (Å²) in [4.78, 5) is 15.0. The van der Waals surface area contributed by atoms with E-state index in [1.807, 2.05) is 24.5 Å². The first-order valence-electron chi connectivity index (χ1n) is 19.3. The van der Waals surface area contributed by atoms with Crippen molar-refractivity contribution >= 4 is 43.4 Å². The van der Waals surface area contributed by atoms with Gasteiger partial charge in [0.05, 0.1) is 22.4 Å². The van der Waals surface area contributed by atoms with E-state index in [0.717, 1.165) is 61.1 Å². The van der Waals surface area contributed by atoms with Gasteiger partial charge < -0.3 is 4.57 Å². The maximum atomic E-state index is 5.27. The Morgan fingerprint density at radius 1 is 0.333 bits per heavy atom. The predicted molar refractivity (Wildman–Crippen MR) is 236 cm³/mol. The Morgan fingerprint density at radius 3 is 1.39 bits per heavy atom. The van der Waals surface area contributed by atoms with E-state index in [1.165, 1.54) is 38.2 Å². The molecule has 0 atom stereocenters. The number of hydrogen-bond acceptors (Lipinski definition) is 3. The molecule has 0 radical (unpaired) electrons. The molecule has 0 N–H and O–H groups in total. The van der Waals surface area contributed by atoms with E-state index in [-0.39, 0.29) is 0 Å². The lowest BCUT2D eigenvalue weighted by Gasteiger charge is -2.18. The van der Waals surface area contributed by atoms with Crippen molar-refractivity contribution in [1.82, 2.24) is 19.5 Å². The molecule has 8 aromatic carbocycles. The summed E-state index contributed by atoms with van der Waals surface area (Å²) in [5.41, 5.74) is 13.0. The summed E-state index contributed by atoms with van der Waals surface area (Å²) in [6.45, 7) is 0. The number of benzene rings is 8. The van der Waals surface area contributed by atoms with Gasteiger partial charge in [-0.05, 0) is 86.3 Å². The van der Waals surface area contributed by atoms with Gasteiger partial charge in [-0.2, -0.15) is 0 Å². The number of aromatic nitrogens is 4. The Hall–Kier alpha value is -7.69. The van der Waals surface area contributed by atoms with E-state index < -0.39 is 0 Å². The monoisotopic (exact) mass is 726 g/mol. The highest BCUT2D eigenvalue weighted by Crippen LogP contribution is 2.44. The van der Waals surface area contributed by atoms with Gasteiger partial charge in [0.2, 0.25) is 0 Å². The quantitative estimate of drug-likeness (QED) is 0.160. The van der Waals surface area contributed by atoms with Gasteiger partial charge in [0.1, 0.15) is 0 Å². The molecule has 0 aliphatic heterocycles. The number of fused-ring (bicyclic) bond motifs is 5. The smallest absolute Gasteiger partial charge is 0.160 e. The average molecular weight is 727 g/mol. The largest absolute Gasteiger partial charge is 0.309 e. The van der Waals surface area contributed by atoms with E-state index in [4.69, 9.17) is 9.97 Å². The zero-order valence-electron chi connectivity index (χ0n) is 30.9. The number of para-hydroxylation sites is 1. The molecule has 0 amide bonds. The molecule has 11 aromatic rings. The van der Waals surface area contributed by atoms with Crippen molar-refractivity contribution < 1.29 is 0 Å². The average Bonchev–Trinajstić information content (AvgIpc) is 3.62. The zero-order valence-corrected chi connectivity index (χ0v) is 30.9. The van der Waals surface area contributed by atoms with Crippen molar-refractivity contribution in [3.63, 3.8) is 0 Å². The van der Waals surface area contributed by atoms with Crippen LogP contribution in [0.2, 0.25) is 0 Å². The van der Waals surface area contributed by atoms with Gasteiger partial charge >= 0.3 is 0 Å². The normalized spacial score (nSPS) is 11.5. The molecule has 0 bridgehead atoms. The summed E-state index contributed by atoms with van der Waals surface area (Å²) in [7, 11) is 0. The third kappa shape index (κ3) is 5.58. The molecule has 266 valence electrons. The molecule has 0 spiro atoms.